The summed E-state index contributed by atoms with van der Waals surface area (Å²) in [5.41, 5.74) is 1.58. The lowest BCUT2D eigenvalue weighted by molar-refractivity contribution is -0.127. The number of nitrogens with one attached hydrogen (secondary N) is 2. The van der Waals surface area contributed by atoms with E-state index in [1.165, 1.54) is 6.08 Å². The van der Waals surface area contributed by atoms with E-state index < -0.39 is 17.8 Å². The quantitative estimate of drug-likeness (QED) is 0.577. The Morgan fingerprint density at radius 3 is 2.70 bits per heavy atom. The zero-order chi connectivity index (χ0) is 21.1. The Kier molecular flexibility index (Phi) is 5.53. The minimum Gasteiger partial charge on any atom is -0.441 e. The van der Waals surface area contributed by atoms with E-state index in [-0.39, 0.29) is 12.2 Å². The number of nitrogens with zero attached hydrogens (tertiary/aromatic N) is 2. The van der Waals surface area contributed by atoms with Crippen molar-refractivity contribution in [1.29, 1.82) is 0 Å². The molecule has 2 aromatic rings. The molecule has 0 aliphatic carbocycles. The van der Waals surface area contributed by atoms with Crippen molar-refractivity contribution < 1.29 is 23.5 Å². The predicted octanol–water partition coefficient (Wildman–Crippen LogP) is 1.96. The third-order valence-electron chi connectivity index (χ3n) is 4.91. The summed E-state index contributed by atoms with van der Waals surface area (Å²) in [6, 6.07) is 10.2. The number of imide groups is 1. The second kappa shape index (κ2) is 8.42. The zero-order valence-electron chi connectivity index (χ0n) is 16.5. The highest BCUT2D eigenvalue weighted by Crippen LogP contribution is 2.22. The number of furan rings is 1. The summed E-state index contributed by atoms with van der Waals surface area (Å²) < 4.78 is 11.1. The molecule has 2 aliphatic heterocycles. The van der Waals surface area contributed by atoms with Crippen molar-refractivity contribution in [2.45, 2.75) is 6.92 Å². The van der Waals surface area contributed by atoms with Crippen molar-refractivity contribution in [2.24, 2.45) is 0 Å². The summed E-state index contributed by atoms with van der Waals surface area (Å²) in [5, 5.41) is 5.21. The lowest BCUT2D eigenvalue weighted by Gasteiger charge is -2.26. The fourth-order valence-electron chi connectivity index (χ4n) is 3.28. The van der Waals surface area contributed by atoms with E-state index in [0.717, 1.165) is 23.6 Å². The number of carbonyl (C=O) groups is 3. The van der Waals surface area contributed by atoms with Crippen LogP contribution in [0.2, 0.25) is 0 Å². The Labute approximate surface area is 173 Å². The topological polar surface area (TPSA) is 104 Å². The number of morpholine rings is 1. The molecule has 0 saturated carbocycles. The largest absolute Gasteiger partial charge is 0.441 e. The summed E-state index contributed by atoms with van der Waals surface area (Å²) in [4.78, 5) is 40.0. The van der Waals surface area contributed by atoms with Crippen molar-refractivity contribution >= 4 is 35.5 Å². The Morgan fingerprint density at radius 2 is 1.93 bits per heavy atom. The molecule has 2 saturated heterocycles. The van der Waals surface area contributed by atoms with Gasteiger partial charge in [0.15, 0.2) is 5.88 Å². The molecule has 4 rings (SSSR count). The number of carbonyl (C=O) groups excluding carboxylic acids is 3. The first-order chi connectivity index (χ1) is 14.5. The molecule has 2 N–H and O–H groups in total. The molecule has 156 valence electrons. The number of ether oxygens (including phenoxy) is 1. The van der Waals surface area contributed by atoms with Crippen LogP contribution in [0, 0.1) is 6.92 Å². The smallest absolute Gasteiger partial charge is 0.329 e. The Bertz CT molecular complexity index is 1010. The third kappa shape index (κ3) is 4.20. The molecule has 9 nitrogen and oxygen atoms in total. The van der Waals surface area contributed by atoms with Gasteiger partial charge in [-0.25, -0.2) is 9.69 Å². The molecular weight excluding hydrogens is 388 g/mol. The van der Waals surface area contributed by atoms with Crippen LogP contribution in [0.3, 0.4) is 0 Å². The van der Waals surface area contributed by atoms with Gasteiger partial charge in [-0.15, -0.1) is 0 Å². The van der Waals surface area contributed by atoms with Gasteiger partial charge in [0.25, 0.3) is 5.91 Å². The predicted molar refractivity (Wildman–Crippen MR) is 110 cm³/mol. The molecule has 0 spiro atoms. The van der Waals surface area contributed by atoms with Gasteiger partial charge in [-0.3, -0.25) is 9.59 Å². The monoisotopic (exact) mass is 410 g/mol. The molecule has 0 unspecified atom stereocenters. The van der Waals surface area contributed by atoms with Crippen LogP contribution in [0.25, 0.3) is 6.08 Å². The summed E-state index contributed by atoms with van der Waals surface area (Å²) in [6.07, 6.45) is 1.46. The standard InChI is InChI=1S/C21H22N4O5/c1-14-4-2-3-5-16(14)22-18(26)13-25-20(27)17(23-21(25)28)12-15-6-7-19(30-15)24-8-10-29-11-9-24/h2-7,12H,8-11,13H2,1H3,(H,22,26)(H,23,28)/b17-12-. The van der Waals surface area contributed by atoms with E-state index in [2.05, 4.69) is 10.6 Å². The maximum Gasteiger partial charge on any atom is 0.329 e. The van der Waals surface area contributed by atoms with Crippen molar-refractivity contribution in [2.75, 3.05) is 43.1 Å². The van der Waals surface area contributed by atoms with Gasteiger partial charge in [0.1, 0.15) is 18.0 Å². The Hall–Kier alpha value is -3.59. The van der Waals surface area contributed by atoms with Crippen LogP contribution in [0.4, 0.5) is 16.4 Å². The van der Waals surface area contributed by atoms with Crippen molar-refractivity contribution in [3.8, 4) is 0 Å². The Balaban J connectivity index is 1.41. The number of benzene rings is 1. The molecule has 2 aliphatic rings. The average molecular weight is 410 g/mol. The summed E-state index contributed by atoms with van der Waals surface area (Å²) >= 11 is 0. The van der Waals surface area contributed by atoms with Crippen LogP contribution in [0.1, 0.15) is 11.3 Å². The fourth-order valence-corrected chi connectivity index (χ4v) is 3.28. The number of hydrogen-bond donors (Lipinski definition) is 2. The first-order valence-corrected chi connectivity index (χ1v) is 9.64. The fraction of sp³-hybridized carbons (Fsp3) is 0.286. The maximum absolute atomic E-state index is 12.6. The first-order valence-electron chi connectivity index (χ1n) is 9.64. The van der Waals surface area contributed by atoms with Gasteiger partial charge in [-0.05, 0) is 24.6 Å². The molecule has 30 heavy (non-hydrogen) atoms. The van der Waals surface area contributed by atoms with Crippen LogP contribution < -0.4 is 15.5 Å². The third-order valence-corrected chi connectivity index (χ3v) is 4.91. The normalized spacial score (nSPS) is 18.1. The molecule has 0 bridgehead atoms. The number of para-hydroxylation sites is 1. The lowest BCUT2D eigenvalue weighted by Crippen LogP contribution is -2.38. The summed E-state index contributed by atoms with van der Waals surface area (Å²) in [7, 11) is 0. The van der Waals surface area contributed by atoms with E-state index in [0.29, 0.717) is 30.5 Å². The van der Waals surface area contributed by atoms with Gasteiger partial charge >= 0.3 is 6.03 Å². The average Bonchev–Trinajstić information content (AvgIpc) is 3.31. The van der Waals surface area contributed by atoms with Gasteiger partial charge < -0.3 is 24.7 Å². The molecule has 3 heterocycles. The van der Waals surface area contributed by atoms with Crippen LogP contribution in [-0.4, -0.2) is 55.6 Å². The first kappa shape index (κ1) is 19.7. The van der Waals surface area contributed by atoms with Crippen molar-refractivity contribution in [1.82, 2.24) is 10.2 Å². The molecule has 0 radical (unpaired) electrons. The minimum absolute atomic E-state index is 0.0616. The molecule has 2 fully saturated rings. The number of hydrogen-bond acceptors (Lipinski definition) is 6. The second-order valence-electron chi connectivity index (χ2n) is 7.02. The molecule has 9 heteroatoms. The number of rotatable bonds is 5. The SMILES string of the molecule is Cc1ccccc1NC(=O)CN1C(=O)N/C(=C\c2ccc(N3CCOCC3)o2)C1=O. The van der Waals surface area contributed by atoms with Crippen LogP contribution >= 0.6 is 0 Å². The highest BCUT2D eigenvalue weighted by molar-refractivity contribution is 6.15. The van der Waals surface area contributed by atoms with Crippen LogP contribution in [-0.2, 0) is 14.3 Å². The molecule has 1 aromatic carbocycles. The number of urea groups is 1. The van der Waals surface area contributed by atoms with Gasteiger partial charge in [-0.1, -0.05) is 18.2 Å². The van der Waals surface area contributed by atoms with Crippen molar-refractivity contribution in [3.63, 3.8) is 0 Å². The van der Waals surface area contributed by atoms with Gasteiger partial charge in [-0.2, -0.15) is 0 Å². The zero-order valence-corrected chi connectivity index (χ0v) is 16.5. The Morgan fingerprint density at radius 1 is 1.17 bits per heavy atom. The van der Waals surface area contributed by atoms with E-state index >= 15 is 0 Å². The number of amides is 4. The lowest BCUT2D eigenvalue weighted by atomic mass is 10.2. The highest BCUT2D eigenvalue weighted by atomic mass is 16.5. The van der Waals surface area contributed by atoms with E-state index in [1.807, 2.05) is 30.0 Å². The number of anilines is 2. The van der Waals surface area contributed by atoms with Crippen LogP contribution in [0.15, 0.2) is 46.5 Å². The van der Waals surface area contributed by atoms with Gasteiger partial charge in [0.05, 0.1) is 13.2 Å². The van der Waals surface area contributed by atoms with E-state index in [4.69, 9.17) is 9.15 Å². The van der Waals surface area contributed by atoms with Gasteiger partial charge in [0.2, 0.25) is 5.91 Å². The minimum atomic E-state index is -0.647. The van der Waals surface area contributed by atoms with Gasteiger partial charge in [0, 0.05) is 30.9 Å². The summed E-state index contributed by atoms with van der Waals surface area (Å²) in [6.45, 7) is 4.19. The second-order valence-corrected chi connectivity index (χ2v) is 7.02. The van der Waals surface area contributed by atoms with E-state index in [9.17, 15) is 14.4 Å². The highest BCUT2D eigenvalue weighted by Gasteiger charge is 2.35. The summed E-state index contributed by atoms with van der Waals surface area (Å²) in [5.74, 6) is 0.0775. The molecule has 4 amide bonds. The molecular formula is C21H22N4O5. The van der Waals surface area contributed by atoms with E-state index in [1.54, 1.807) is 18.2 Å². The van der Waals surface area contributed by atoms with Crippen LogP contribution in [0.5, 0.6) is 0 Å². The van der Waals surface area contributed by atoms with Crippen molar-refractivity contribution in [3.05, 3.63) is 53.4 Å². The molecule has 1 aromatic heterocycles. The maximum atomic E-state index is 12.6. The number of aryl methyl sites for hydroxylation is 1. The molecule has 0 atom stereocenters.